The van der Waals surface area contributed by atoms with Crippen molar-refractivity contribution in [2.45, 2.75) is 12.8 Å². The number of carbonyl (C=O) groups excluding carboxylic acids is 2. The predicted octanol–water partition coefficient (Wildman–Crippen LogP) is 2.22. The molecule has 132 valence electrons. The van der Waals surface area contributed by atoms with Crippen LogP contribution in [0.1, 0.15) is 22.3 Å². The summed E-state index contributed by atoms with van der Waals surface area (Å²) in [5.74, 6) is -0.268. The number of hydrogen-bond donors (Lipinski definition) is 3. The van der Waals surface area contributed by atoms with Crippen molar-refractivity contribution in [1.82, 2.24) is 5.32 Å². The molecule has 0 unspecified atom stereocenters. The van der Waals surface area contributed by atoms with E-state index in [1.807, 2.05) is 24.3 Å². The number of methoxy groups -OCH3 is 1. The number of aryl methyl sites for hydroxylation is 1. The Morgan fingerprint density at radius 1 is 1.08 bits per heavy atom. The molecular weight excluding hydrogens is 318 g/mol. The average molecular weight is 341 g/mol. The second-order valence-corrected chi connectivity index (χ2v) is 5.57. The van der Waals surface area contributed by atoms with Gasteiger partial charge in [-0.1, -0.05) is 18.2 Å². The SMILES string of the molecule is COCCNC(=O)c1ccc(NC(=O)CCc2ccccc2N)cc1. The molecule has 2 amide bonds. The number of nitrogens with one attached hydrogen (secondary N) is 2. The lowest BCUT2D eigenvalue weighted by atomic mass is 10.1. The zero-order valence-electron chi connectivity index (χ0n) is 14.2. The van der Waals surface area contributed by atoms with Crippen LogP contribution >= 0.6 is 0 Å². The van der Waals surface area contributed by atoms with Crippen LogP contribution in [0.25, 0.3) is 0 Å². The number of anilines is 2. The standard InChI is InChI=1S/C19H23N3O3/c1-25-13-12-21-19(24)15-6-9-16(10-7-15)22-18(23)11-8-14-4-2-3-5-17(14)20/h2-7,9-10H,8,11-13,20H2,1H3,(H,21,24)(H,22,23). The zero-order valence-corrected chi connectivity index (χ0v) is 14.2. The van der Waals surface area contributed by atoms with Gasteiger partial charge in [-0.05, 0) is 42.3 Å². The van der Waals surface area contributed by atoms with E-state index in [2.05, 4.69) is 10.6 Å². The molecule has 0 saturated heterocycles. The number of nitrogen functional groups attached to an aromatic ring is 1. The maximum atomic E-state index is 12.0. The van der Waals surface area contributed by atoms with Crippen molar-refractivity contribution in [2.24, 2.45) is 0 Å². The quantitative estimate of drug-likeness (QED) is 0.507. The van der Waals surface area contributed by atoms with Crippen molar-refractivity contribution in [3.63, 3.8) is 0 Å². The molecule has 2 aromatic rings. The van der Waals surface area contributed by atoms with Crippen molar-refractivity contribution in [1.29, 1.82) is 0 Å². The first kappa shape index (κ1) is 18.5. The fourth-order valence-electron chi connectivity index (χ4n) is 2.31. The first-order valence-corrected chi connectivity index (χ1v) is 8.10. The van der Waals surface area contributed by atoms with Gasteiger partial charge in [0.25, 0.3) is 5.91 Å². The van der Waals surface area contributed by atoms with Gasteiger partial charge >= 0.3 is 0 Å². The number of para-hydroxylation sites is 1. The van der Waals surface area contributed by atoms with Crippen LogP contribution in [0.2, 0.25) is 0 Å². The van der Waals surface area contributed by atoms with Crippen molar-refractivity contribution in [2.75, 3.05) is 31.3 Å². The number of amides is 2. The van der Waals surface area contributed by atoms with Crippen LogP contribution in [0.3, 0.4) is 0 Å². The van der Waals surface area contributed by atoms with E-state index in [4.69, 9.17) is 10.5 Å². The van der Waals surface area contributed by atoms with E-state index in [0.29, 0.717) is 42.9 Å². The number of benzene rings is 2. The van der Waals surface area contributed by atoms with Gasteiger partial charge in [-0.3, -0.25) is 9.59 Å². The fraction of sp³-hybridized carbons (Fsp3) is 0.263. The van der Waals surface area contributed by atoms with Crippen molar-refractivity contribution in [3.05, 3.63) is 59.7 Å². The fourth-order valence-corrected chi connectivity index (χ4v) is 2.31. The van der Waals surface area contributed by atoms with E-state index in [1.54, 1.807) is 31.4 Å². The molecule has 6 heteroatoms. The molecule has 25 heavy (non-hydrogen) atoms. The molecule has 0 heterocycles. The molecule has 0 radical (unpaired) electrons. The summed E-state index contributed by atoms with van der Waals surface area (Å²) in [7, 11) is 1.58. The van der Waals surface area contributed by atoms with Gasteiger partial charge in [-0.2, -0.15) is 0 Å². The minimum Gasteiger partial charge on any atom is -0.399 e. The predicted molar refractivity (Wildman–Crippen MR) is 98.5 cm³/mol. The van der Waals surface area contributed by atoms with E-state index >= 15 is 0 Å². The number of rotatable bonds is 8. The Kier molecular flexibility index (Phi) is 6.98. The molecule has 0 spiro atoms. The van der Waals surface area contributed by atoms with Gasteiger partial charge in [0.1, 0.15) is 0 Å². The van der Waals surface area contributed by atoms with E-state index in [-0.39, 0.29) is 11.8 Å². The lowest BCUT2D eigenvalue weighted by Gasteiger charge is -2.08. The minimum atomic E-state index is -0.172. The Bertz CT molecular complexity index is 714. The molecule has 0 aromatic heterocycles. The van der Waals surface area contributed by atoms with Crippen molar-refractivity contribution < 1.29 is 14.3 Å². The lowest BCUT2D eigenvalue weighted by molar-refractivity contribution is -0.116. The summed E-state index contributed by atoms with van der Waals surface area (Å²) in [6.07, 6.45) is 0.923. The molecule has 0 saturated carbocycles. The largest absolute Gasteiger partial charge is 0.399 e. The monoisotopic (exact) mass is 341 g/mol. The summed E-state index contributed by atoms with van der Waals surface area (Å²) in [6, 6.07) is 14.3. The molecule has 0 aliphatic heterocycles. The van der Waals surface area contributed by atoms with Crippen LogP contribution < -0.4 is 16.4 Å². The van der Waals surface area contributed by atoms with Crippen molar-refractivity contribution in [3.8, 4) is 0 Å². The Balaban J connectivity index is 1.83. The van der Waals surface area contributed by atoms with E-state index < -0.39 is 0 Å². The molecule has 4 N–H and O–H groups in total. The zero-order chi connectivity index (χ0) is 18.1. The third kappa shape index (κ3) is 5.93. The first-order chi connectivity index (χ1) is 12.1. The van der Waals surface area contributed by atoms with Crippen LogP contribution in [-0.2, 0) is 16.0 Å². The summed E-state index contributed by atoms with van der Waals surface area (Å²) in [5.41, 5.74) is 8.71. The topological polar surface area (TPSA) is 93.5 Å². The van der Waals surface area contributed by atoms with Gasteiger partial charge in [0.2, 0.25) is 5.91 Å². The first-order valence-electron chi connectivity index (χ1n) is 8.10. The third-order valence-corrected chi connectivity index (χ3v) is 3.70. The van der Waals surface area contributed by atoms with E-state index in [0.717, 1.165) is 5.56 Å². The molecule has 0 bridgehead atoms. The molecule has 0 fully saturated rings. The van der Waals surface area contributed by atoms with Crippen LogP contribution in [-0.4, -0.2) is 32.1 Å². The van der Waals surface area contributed by atoms with E-state index in [1.165, 1.54) is 0 Å². The third-order valence-electron chi connectivity index (χ3n) is 3.70. The maximum absolute atomic E-state index is 12.0. The highest BCUT2D eigenvalue weighted by Gasteiger charge is 2.07. The number of ether oxygens (including phenoxy) is 1. The minimum absolute atomic E-state index is 0.0967. The normalized spacial score (nSPS) is 10.3. The summed E-state index contributed by atoms with van der Waals surface area (Å²) in [5, 5.41) is 5.56. The summed E-state index contributed by atoms with van der Waals surface area (Å²) < 4.78 is 4.88. The van der Waals surface area contributed by atoms with E-state index in [9.17, 15) is 9.59 Å². The number of hydrogen-bond acceptors (Lipinski definition) is 4. The second kappa shape index (κ2) is 9.44. The maximum Gasteiger partial charge on any atom is 0.251 e. The smallest absolute Gasteiger partial charge is 0.251 e. The molecule has 2 aromatic carbocycles. The Morgan fingerprint density at radius 2 is 1.80 bits per heavy atom. The highest BCUT2D eigenvalue weighted by atomic mass is 16.5. The van der Waals surface area contributed by atoms with Gasteiger partial charge < -0.3 is 21.1 Å². The molecule has 0 aliphatic rings. The highest BCUT2D eigenvalue weighted by molar-refractivity contribution is 5.95. The molecule has 0 atom stereocenters. The second-order valence-electron chi connectivity index (χ2n) is 5.57. The van der Waals surface area contributed by atoms with Gasteiger partial charge in [0, 0.05) is 37.0 Å². The Labute approximate surface area is 147 Å². The summed E-state index contributed by atoms with van der Waals surface area (Å²) >= 11 is 0. The highest BCUT2D eigenvalue weighted by Crippen LogP contribution is 2.14. The summed E-state index contributed by atoms with van der Waals surface area (Å²) in [6.45, 7) is 0.919. The van der Waals surface area contributed by atoms with Gasteiger partial charge in [0.15, 0.2) is 0 Å². The van der Waals surface area contributed by atoms with Crippen LogP contribution in [0.4, 0.5) is 11.4 Å². The van der Waals surface area contributed by atoms with Gasteiger partial charge in [-0.25, -0.2) is 0 Å². The number of nitrogens with two attached hydrogens (primary N) is 1. The molecule has 6 nitrogen and oxygen atoms in total. The van der Waals surface area contributed by atoms with Crippen LogP contribution in [0.5, 0.6) is 0 Å². The number of carbonyl (C=O) groups is 2. The summed E-state index contributed by atoms with van der Waals surface area (Å²) in [4.78, 5) is 23.9. The molecule has 0 aliphatic carbocycles. The van der Waals surface area contributed by atoms with Crippen LogP contribution in [0.15, 0.2) is 48.5 Å². The molecule has 2 rings (SSSR count). The van der Waals surface area contributed by atoms with Crippen LogP contribution in [0, 0.1) is 0 Å². The van der Waals surface area contributed by atoms with Gasteiger partial charge in [-0.15, -0.1) is 0 Å². The lowest BCUT2D eigenvalue weighted by Crippen LogP contribution is -2.26. The molecular formula is C19H23N3O3. The van der Waals surface area contributed by atoms with Gasteiger partial charge in [0.05, 0.1) is 6.61 Å². The average Bonchev–Trinajstić information content (AvgIpc) is 2.62. The Morgan fingerprint density at radius 3 is 2.48 bits per heavy atom. The Hall–Kier alpha value is -2.86. The van der Waals surface area contributed by atoms with Crippen molar-refractivity contribution >= 4 is 23.2 Å².